The molecule has 150 valence electrons. The summed E-state index contributed by atoms with van der Waals surface area (Å²) in [5.74, 6) is 0.765. The average molecular weight is 418 g/mol. The molecule has 5 N–H and O–H groups in total. The Balaban J connectivity index is 1.67. The molecule has 2 atom stereocenters. The summed E-state index contributed by atoms with van der Waals surface area (Å²) in [5.41, 5.74) is 16.4. The Morgan fingerprint density at radius 1 is 0.933 bits per heavy atom. The molecule has 5 rings (SSSR count). The van der Waals surface area contributed by atoms with E-state index >= 15 is 0 Å². The summed E-state index contributed by atoms with van der Waals surface area (Å²) in [6.45, 7) is 0. The number of carbonyl (C=O) groups excluding carboxylic acids is 1. The number of aromatic nitrogens is 2. The lowest BCUT2D eigenvalue weighted by molar-refractivity contribution is -0.116. The van der Waals surface area contributed by atoms with Crippen LogP contribution in [0.25, 0.3) is 0 Å². The first-order valence-corrected chi connectivity index (χ1v) is 10.2. The Bertz CT molecular complexity index is 1170. The van der Waals surface area contributed by atoms with Gasteiger partial charge in [0.2, 0.25) is 5.95 Å². The van der Waals surface area contributed by atoms with Crippen molar-refractivity contribution >= 4 is 35.0 Å². The van der Waals surface area contributed by atoms with E-state index in [0.717, 1.165) is 22.4 Å². The van der Waals surface area contributed by atoms with Crippen LogP contribution in [0.2, 0.25) is 5.02 Å². The van der Waals surface area contributed by atoms with E-state index in [-0.39, 0.29) is 29.4 Å². The number of rotatable bonds is 2. The number of benzene rings is 2. The molecule has 7 heteroatoms. The minimum Gasteiger partial charge on any atom is -0.383 e. The number of nitrogen functional groups attached to an aromatic ring is 2. The van der Waals surface area contributed by atoms with Crippen molar-refractivity contribution in [2.75, 3.05) is 16.8 Å². The molecular weight excluding hydrogens is 398 g/mol. The van der Waals surface area contributed by atoms with Gasteiger partial charge in [-0.05, 0) is 35.6 Å². The molecule has 1 aliphatic carbocycles. The van der Waals surface area contributed by atoms with Crippen LogP contribution in [0.1, 0.15) is 41.4 Å². The highest BCUT2D eigenvalue weighted by Crippen LogP contribution is 2.49. The van der Waals surface area contributed by atoms with Gasteiger partial charge in [0, 0.05) is 34.2 Å². The summed E-state index contributed by atoms with van der Waals surface area (Å²) in [6.07, 6.45) is 1.15. The van der Waals surface area contributed by atoms with Crippen molar-refractivity contribution in [1.29, 1.82) is 0 Å². The zero-order chi connectivity index (χ0) is 20.8. The number of hydrogen-bond acceptors (Lipinski definition) is 6. The second-order valence-corrected chi connectivity index (χ2v) is 8.11. The monoisotopic (exact) mass is 417 g/mol. The van der Waals surface area contributed by atoms with E-state index in [1.807, 2.05) is 42.5 Å². The van der Waals surface area contributed by atoms with E-state index in [1.165, 1.54) is 0 Å². The predicted molar refractivity (Wildman–Crippen MR) is 118 cm³/mol. The summed E-state index contributed by atoms with van der Waals surface area (Å²) in [4.78, 5) is 22.0. The number of halogens is 1. The van der Waals surface area contributed by atoms with Crippen molar-refractivity contribution in [2.45, 2.75) is 24.7 Å². The Labute approximate surface area is 179 Å². The number of hydrogen-bond donors (Lipinski definition) is 3. The van der Waals surface area contributed by atoms with E-state index in [9.17, 15) is 4.79 Å². The van der Waals surface area contributed by atoms with Crippen molar-refractivity contribution < 1.29 is 4.79 Å². The normalized spacial score (nSPS) is 20.4. The van der Waals surface area contributed by atoms with Crippen LogP contribution in [0, 0.1) is 0 Å². The standard InChI is InChI=1S/C23H20ClN5O/c24-15-8-6-13(7-9-15)18-19-16(27-22-20(18)21(25)28-23(26)29-22)10-14(11-17(19)30)12-4-2-1-3-5-12/h1-9,14,18H,10-11H2,(H5,25,26,27,28,29)/t14-,18+/m0/s1. The molecule has 2 heterocycles. The third kappa shape index (κ3) is 3.09. The molecule has 0 saturated heterocycles. The van der Waals surface area contributed by atoms with Crippen molar-refractivity contribution in [3.63, 3.8) is 0 Å². The van der Waals surface area contributed by atoms with Crippen LogP contribution >= 0.6 is 11.6 Å². The number of nitrogens with zero attached hydrogens (tertiary/aromatic N) is 2. The molecule has 0 saturated carbocycles. The Morgan fingerprint density at radius 2 is 1.67 bits per heavy atom. The molecule has 2 aromatic carbocycles. The van der Waals surface area contributed by atoms with Gasteiger partial charge in [-0.2, -0.15) is 9.97 Å². The fourth-order valence-corrected chi connectivity index (χ4v) is 4.63. The van der Waals surface area contributed by atoms with Gasteiger partial charge in [0.1, 0.15) is 11.6 Å². The summed E-state index contributed by atoms with van der Waals surface area (Å²) >= 11 is 6.10. The fourth-order valence-electron chi connectivity index (χ4n) is 4.51. The van der Waals surface area contributed by atoms with E-state index in [2.05, 4.69) is 27.4 Å². The average Bonchev–Trinajstić information content (AvgIpc) is 2.73. The van der Waals surface area contributed by atoms with Gasteiger partial charge in [0.05, 0.1) is 0 Å². The number of anilines is 3. The number of fused-ring (bicyclic) bond motifs is 1. The zero-order valence-corrected chi connectivity index (χ0v) is 16.9. The van der Waals surface area contributed by atoms with Gasteiger partial charge in [-0.25, -0.2) is 0 Å². The van der Waals surface area contributed by atoms with E-state index < -0.39 is 0 Å². The minimum absolute atomic E-state index is 0.0967. The third-order valence-corrected chi connectivity index (χ3v) is 6.07. The van der Waals surface area contributed by atoms with Crippen LogP contribution in [0.5, 0.6) is 0 Å². The number of ketones is 1. The molecule has 1 aliphatic heterocycles. The van der Waals surface area contributed by atoms with Gasteiger partial charge in [0.25, 0.3) is 0 Å². The molecular formula is C23H20ClN5O. The van der Waals surface area contributed by atoms with Gasteiger partial charge in [-0.3, -0.25) is 4.79 Å². The van der Waals surface area contributed by atoms with Crippen LogP contribution in [0.3, 0.4) is 0 Å². The molecule has 1 aromatic heterocycles. The highest BCUT2D eigenvalue weighted by Gasteiger charge is 2.40. The Morgan fingerprint density at radius 3 is 2.40 bits per heavy atom. The van der Waals surface area contributed by atoms with Crippen molar-refractivity contribution in [1.82, 2.24) is 9.97 Å². The van der Waals surface area contributed by atoms with Gasteiger partial charge in [0.15, 0.2) is 5.78 Å². The van der Waals surface area contributed by atoms with Crippen LogP contribution in [-0.2, 0) is 4.79 Å². The second-order valence-electron chi connectivity index (χ2n) is 7.67. The molecule has 3 aromatic rings. The van der Waals surface area contributed by atoms with Crippen molar-refractivity contribution in [2.24, 2.45) is 0 Å². The highest BCUT2D eigenvalue weighted by atomic mass is 35.5. The lowest BCUT2D eigenvalue weighted by Gasteiger charge is -2.36. The molecule has 0 bridgehead atoms. The smallest absolute Gasteiger partial charge is 0.223 e. The second kappa shape index (κ2) is 7.15. The minimum atomic E-state index is -0.363. The topological polar surface area (TPSA) is 107 Å². The number of Topliss-reactive ketones (excluding diaryl/α,β-unsaturated/α-hetero) is 1. The molecule has 0 spiro atoms. The van der Waals surface area contributed by atoms with Crippen molar-refractivity contribution in [3.05, 3.63) is 87.6 Å². The van der Waals surface area contributed by atoms with E-state index in [0.29, 0.717) is 29.2 Å². The third-order valence-electron chi connectivity index (χ3n) is 5.82. The van der Waals surface area contributed by atoms with E-state index in [1.54, 1.807) is 0 Å². The van der Waals surface area contributed by atoms with Gasteiger partial charge in [-0.1, -0.05) is 54.1 Å². The molecule has 6 nitrogen and oxygen atoms in total. The van der Waals surface area contributed by atoms with Crippen LogP contribution < -0.4 is 16.8 Å². The van der Waals surface area contributed by atoms with Crippen LogP contribution in [0.4, 0.5) is 17.6 Å². The fraction of sp³-hybridized carbons (Fsp3) is 0.174. The maximum absolute atomic E-state index is 13.4. The van der Waals surface area contributed by atoms with Gasteiger partial charge < -0.3 is 16.8 Å². The summed E-state index contributed by atoms with van der Waals surface area (Å²) in [6, 6.07) is 17.6. The maximum atomic E-state index is 13.4. The molecule has 0 amide bonds. The maximum Gasteiger partial charge on any atom is 0.223 e. The Hall–Kier alpha value is -3.38. The first-order chi connectivity index (χ1) is 14.5. The van der Waals surface area contributed by atoms with Gasteiger partial charge >= 0.3 is 0 Å². The summed E-state index contributed by atoms with van der Waals surface area (Å²) in [7, 11) is 0. The zero-order valence-electron chi connectivity index (χ0n) is 16.1. The molecule has 0 unspecified atom stereocenters. The first-order valence-electron chi connectivity index (χ1n) is 9.78. The number of allylic oxidation sites excluding steroid dienone is 2. The summed E-state index contributed by atoms with van der Waals surface area (Å²) in [5, 5.41) is 3.97. The first kappa shape index (κ1) is 18.6. The van der Waals surface area contributed by atoms with E-state index in [4.69, 9.17) is 23.1 Å². The lowest BCUT2D eigenvalue weighted by atomic mass is 9.72. The lowest BCUT2D eigenvalue weighted by Crippen LogP contribution is -2.31. The quantitative estimate of drug-likeness (QED) is 0.575. The number of carbonyl (C=O) groups is 1. The highest BCUT2D eigenvalue weighted by molar-refractivity contribution is 6.30. The largest absolute Gasteiger partial charge is 0.383 e. The van der Waals surface area contributed by atoms with Crippen LogP contribution in [-0.4, -0.2) is 15.8 Å². The van der Waals surface area contributed by atoms with Crippen molar-refractivity contribution in [3.8, 4) is 0 Å². The molecule has 0 radical (unpaired) electrons. The number of nitrogens with two attached hydrogens (primary N) is 2. The predicted octanol–water partition coefficient (Wildman–Crippen LogP) is 4.25. The number of nitrogens with one attached hydrogen (secondary N) is 1. The summed E-state index contributed by atoms with van der Waals surface area (Å²) < 4.78 is 0. The SMILES string of the molecule is Nc1nc(N)c2c(n1)NC1=C(C(=O)C[C@@H](c3ccccc3)C1)[C@H]2c1ccc(Cl)cc1. The molecule has 30 heavy (non-hydrogen) atoms. The van der Waals surface area contributed by atoms with Gasteiger partial charge in [-0.15, -0.1) is 0 Å². The van der Waals surface area contributed by atoms with Crippen LogP contribution in [0.15, 0.2) is 65.9 Å². The molecule has 2 aliphatic rings. The molecule has 0 fully saturated rings. The Kier molecular flexibility index (Phi) is 4.44.